The normalized spacial score (nSPS) is 16.8. The summed E-state index contributed by atoms with van der Waals surface area (Å²) < 4.78 is 0.608. The molecule has 0 spiro atoms. The van der Waals surface area contributed by atoms with Gasteiger partial charge in [-0.1, -0.05) is 41.6 Å². The van der Waals surface area contributed by atoms with Crippen LogP contribution >= 0.6 is 35.6 Å². The van der Waals surface area contributed by atoms with Gasteiger partial charge in [-0.05, 0) is 24.6 Å². The van der Waals surface area contributed by atoms with Gasteiger partial charge in [-0.25, -0.2) is 0 Å². The minimum Gasteiger partial charge on any atom is -0.274 e. The molecule has 1 amide bonds. The SMILES string of the molecule is Cc1ccc(N2C(=O)CCSC2=S)cc1Cl. The highest BCUT2D eigenvalue weighted by molar-refractivity contribution is 8.23. The third kappa shape index (κ3) is 2.24. The number of anilines is 1. The number of amides is 1. The Morgan fingerprint density at radius 3 is 2.88 bits per heavy atom. The van der Waals surface area contributed by atoms with Gasteiger partial charge in [-0.3, -0.25) is 9.69 Å². The van der Waals surface area contributed by atoms with Gasteiger partial charge in [-0.15, -0.1) is 0 Å². The molecule has 1 aliphatic heterocycles. The molecule has 1 saturated heterocycles. The second-order valence-corrected chi connectivity index (χ2v) is 5.66. The van der Waals surface area contributed by atoms with Crippen molar-refractivity contribution >= 4 is 51.5 Å². The van der Waals surface area contributed by atoms with E-state index in [2.05, 4.69) is 0 Å². The lowest BCUT2D eigenvalue weighted by atomic mass is 10.2. The van der Waals surface area contributed by atoms with Gasteiger partial charge in [0.2, 0.25) is 5.91 Å². The van der Waals surface area contributed by atoms with Crippen LogP contribution in [0, 0.1) is 6.92 Å². The zero-order valence-electron chi connectivity index (χ0n) is 8.70. The van der Waals surface area contributed by atoms with Crippen LogP contribution in [-0.2, 0) is 4.79 Å². The number of benzene rings is 1. The molecule has 84 valence electrons. The van der Waals surface area contributed by atoms with Crippen LogP contribution in [0.3, 0.4) is 0 Å². The molecule has 0 aliphatic carbocycles. The number of hydrogen-bond acceptors (Lipinski definition) is 3. The fraction of sp³-hybridized carbons (Fsp3) is 0.273. The molecule has 0 atom stereocenters. The van der Waals surface area contributed by atoms with Crippen LogP contribution in [0.15, 0.2) is 18.2 Å². The molecule has 1 aromatic carbocycles. The maximum atomic E-state index is 11.8. The van der Waals surface area contributed by atoms with Crippen molar-refractivity contribution in [3.8, 4) is 0 Å². The van der Waals surface area contributed by atoms with Crippen molar-refractivity contribution in [2.45, 2.75) is 13.3 Å². The van der Waals surface area contributed by atoms with Crippen LogP contribution in [0.4, 0.5) is 5.69 Å². The van der Waals surface area contributed by atoms with Crippen molar-refractivity contribution in [1.82, 2.24) is 0 Å². The van der Waals surface area contributed by atoms with E-state index in [0.717, 1.165) is 17.0 Å². The predicted molar refractivity (Wildman–Crippen MR) is 73.3 cm³/mol. The number of aryl methyl sites for hydroxylation is 1. The molecule has 2 nitrogen and oxygen atoms in total. The molecule has 1 aliphatic rings. The van der Waals surface area contributed by atoms with Crippen LogP contribution in [0.2, 0.25) is 5.02 Å². The van der Waals surface area contributed by atoms with E-state index in [4.69, 9.17) is 23.8 Å². The van der Waals surface area contributed by atoms with Crippen molar-refractivity contribution in [3.63, 3.8) is 0 Å². The monoisotopic (exact) mass is 271 g/mol. The van der Waals surface area contributed by atoms with Gasteiger partial charge in [0, 0.05) is 17.2 Å². The van der Waals surface area contributed by atoms with Crippen LogP contribution in [0.25, 0.3) is 0 Å². The molecule has 0 saturated carbocycles. The van der Waals surface area contributed by atoms with Gasteiger partial charge in [0.25, 0.3) is 0 Å². The summed E-state index contributed by atoms with van der Waals surface area (Å²) >= 11 is 12.8. The highest BCUT2D eigenvalue weighted by Crippen LogP contribution is 2.29. The first-order chi connectivity index (χ1) is 7.59. The molecule has 2 rings (SSSR count). The summed E-state index contributed by atoms with van der Waals surface area (Å²) in [5.74, 6) is 0.817. The van der Waals surface area contributed by atoms with Crippen molar-refractivity contribution in [2.75, 3.05) is 10.7 Å². The molecular weight excluding hydrogens is 262 g/mol. The number of thioether (sulfide) groups is 1. The average molecular weight is 272 g/mol. The van der Waals surface area contributed by atoms with Gasteiger partial charge in [0.05, 0.1) is 5.69 Å². The summed E-state index contributed by atoms with van der Waals surface area (Å²) in [6.07, 6.45) is 0.524. The van der Waals surface area contributed by atoms with E-state index in [1.807, 2.05) is 19.1 Å². The number of carbonyl (C=O) groups excluding carboxylic acids is 1. The molecule has 0 aromatic heterocycles. The molecule has 1 heterocycles. The molecule has 0 N–H and O–H groups in total. The summed E-state index contributed by atoms with van der Waals surface area (Å²) in [4.78, 5) is 13.3. The van der Waals surface area contributed by atoms with Crippen LogP contribution in [0.5, 0.6) is 0 Å². The largest absolute Gasteiger partial charge is 0.274 e. The number of halogens is 1. The number of thiocarbonyl (C=S) groups is 1. The van der Waals surface area contributed by atoms with Gasteiger partial charge in [0.15, 0.2) is 0 Å². The quantitative estimate of drug-likeness (QED) is 0.730. The smallest absolute Gasteiger partial charge is 0.233 e. The Hall–Kier alpha value is -0.580. The minimum absolute atomic E-state index is 0.0451. The third-order valence-electron chi connectivity index (χ3n) is 2.39. The summed E-state index contributed by atoms with van der Waals surface area (Å²) in [5, 5.41) is 0.656. The second kappa shape index (κ2) is 4.73. The number of rotatable bonds is 1. The molecule has 16 heavy (non-hydrogen) atoms. The maximum absolute atomic E-state index is 11.8. The number of carbonyl (C=O) groups is 1. The zero-order chi connectivity index (χ0) is 11.7. The van der Waals surface area contributed by atoms with Crippen LogP contribution < -0.4 is 4.90 Å². The Morgan fingerprint density at radius 1 is 1.50 bits per heavy atom. The standard InChI is InChI=1S/C11H10ClNOS2/c1-7-2-3-8(6-9(7)12)13-10(14)4-5-16-11(13)15/h2-3,6H,4-5H2,1H3. The molecule has 1 aromatic rings. The first-order valence-electron chi connectivity index (χ1n) is 4.85. The Labute approximate surface area is 109 Å². The van der Waals surface area contributed by atoms with E-state index >= 15 is 0 Å². The Bertz CT molecular complexity index is 445. The van der Waals surface area contributed by atoms with Gasteiger partial charge in [0.1, 0.15) is 4.32 Å². The van der Waals surface area contributed by atoms with E-state index in [9.17, 15) is 4.79 Å². The van der Waals surface area contributed by atoms with Gasteiger partial charge >= 0.3 is 0 Å². The lowest BCUT2D eigenvalue weighted by Crippen LogP contribution is -2.37. The summed E-state index contributed by atoms with van der Waals surface area (Å²) in [5.41, 5.74) is 1.76. The zero-order valence-corrected chi connectivity index (χ0v) is 11.1. The Balaban J connectivity index is 2.38. The summed E-state index contributed by atoms with van der Waals surface area (Å²) in [6, 6.07) is 5.55. The van der Waals surface area contributed by atoms with Crippen molar-refractivity contribution < 1.29 is 4.79 Å². The van der Waals surface area contributed by atoms with E-state index in [0.29, 0.717) is 15.8 Å². The highest BCUT2D eigenvalue weighted by atomic mass is 35.5. The summed E-state index contributed by atoms with van der Waals surface area (Å²) in [7, 11) is 0. The maximum Gasteiger partial charge on any atom is 0.233 e. The predicted octanol–water partition coefficient (Wildman–Crippen LogP) is 3.40. The molecule has 0 bridgehead atoms. The first-order valence-corrected chi connectivity index (χ1v) is 6.62. The Kier molecular flexibility index (Phi) is 3.52. The fourth-order valence-corrected chi connectivity index (χ4v) is 2.89. The van der Waals surface area contributed by atoms with Gasteiger partial charge < -0.3 is 0 Å². The minimum atomic E-state index is 0.0451. The summed E-state index contributed by atoms with van der Waals surface area (Å²) in [6.45, 7) is 1.93. The number of hydrogen-bond donors (Lipinski definition) is 0. The highest BCUT2D eigenvalue weighted by Gasteiger charge is 2.25. The molecule has 0 unspecified atom stereocenters. The van der Waals surface area contributed by atoms with Crippen molar-refractivity contribution in [2.24, 2.45) is 0 Å². The lowest BCUT2D eigenvalue weighted by Gasteiger charge is -2.27. The molecule has 0 radical (unpaired) electrons. The molecule has 1 fully saturated rings. The third-order valence-corrected chi connectivity index (χ3v) is 4.17. The van der Waals surface area contributed by atoms with Crippen LogP contribution in [-0.4, -0.2) is 16.0 Å². The van der Waals surface area contributed by atoms with E-state index in [1.165, 1.54) is 11.8 Å². The Morgan fingerprint density at radius 2 is 2.25 bits per heavy atom. The first kappa shape index (κ1) is 11.9. The van der Waals surface area contributed by atoms with E-state index in [1.54, 1.807) is 11.0 Å². The average Bonchev–Trinajstić information content (AvgIpc) is 2.23. The lowest BCUT2D eigenvalue weighted by molar-refractivity contribution is -0.117. The van der Waals surface area contributed by atoms with Gasteiger partial charge in [-0.2, -0.15) is 0 Å². The topological polar surface area (TPSA) is 20.3 Å². The number of nitrogens with zero attached hydrogens (tertiary/aromatic N) is 1. The van der Waals surface area contributed by atoms with E-state index in [-0.39, 0.29) is 5.91 Å². The second-order valence-electron chi connectivity index (χ2n) is 3.53. The van der Waals surface area contributed by atoms with E-state index < -0.39 is 0 Å². The molecular formula is C11H10ClNOS2. The molecule has 5 heteroatoms. The van der Waals surface area contributed by atoms with Crippen molar-refractivity contribution in [1.29, 1.82) is 0 Å². The fourth-order valence-electron chi connectivity index (χ4n) is 1.47. The van der Waals surface area contributed by atoms with Crippen LogP contribution in [0.1, 0.15) is 12.0 Å². The van der Waals surface area contributed by atoms with Crippen molar-refractivity contribution in [3.05, 3.63) is 28.8 Å².